The lowest BCUT2D eigenvalue weighted by Gasteiger charge is -2.17. The lowest BCUT2D eigenvalue weighted by Crippen LogP contribution is -2.36. The summed E-state index contributed by atoms with van der Waals surface area (Å²) in [5, 5.41) is 5.34. The van der Waals surface area contributed by atoms with Gasteiger partial charge in [-0.25, -0.2) is 0 Å². The van der Waals surface area contributed by atoms with Crippen molar-refractivity contribution in [1.82, 2.24) is 5.32 Å². The van der Waals surface area contributed by atoms with Gasteiger partial charge in [0.2, 0.25) is 0 Å². The van der Waals surface area contributed by atoms with Gasteiger partial charge in [-0.1, -0.05) is 18.2 Å². The Morgan fingerprint density at radius 2 is 1.56 bits per heavy atom. The summed E-state index contributed by atoms with van der Waals surface area (Å²) in [5.41, 5.74) is 5.14. The van der Waals surface area contributed by atoms with Crippen LogP contribution in [-0.2, 0) is 16.0 Å². The van der Waals surface area contributed by atoms with Crippen LogP contribution in [0.5, 0.6) is 0 Å². The fourth-order valence-electron chi connectivity index (χ4n) is 3.48. The molecule has 1 aliphatic rings. The first kappa shape index (κ1) is 19.0. The van der Waals surface area contributed by atoms with Crippen LogP contribution in [-0.4, -0.2) is 31.4 Å². The summed E-state index contributed by atoms with van der Waals surface area (Å²) in [5.74, 6) is -1.24. The third kappa shape index (κ3) is 5.33. The zero-order valence-electron chi connectivity index (χ0n) is 16.0. The molecule has 1 saturated heterocycles. The molecule has 5 nitrogen and oxygen atoms in total. The maximum Gasteiger partial charge on any atom is 0.313 e. The van der Waals surface area contributed by atoms with Gasteiger partial charge in [0, 0.05) is 31.0 Å². The number of rotatable bonds is 5. The molecule has 0 saturated carbocycles. The quantitative estimate of drug-likeness (QED) is 0.800. The molecule has 2 amide bonds. The number of hydrogen-bond donors (Lipinski definition) is 2. The molecular weight excluding hydrogens is 338 g/mol. The van der Waals surface area contributed by atoms with Crippen LogP contribution in [0.4, 0.5) is 11.4 Å². The fraction of sp³-hybridized carbons (Fsp3) is 0.364. The molecule has 0 unspecified atom stereocenters. The molecule has 0 aromatic heterocycles. The van der Waals surface area contributed by atoms with Crippen molar-refractivity contribution < 1.29 is 9.59 Å². The lowest BCUT2D eigenvalue weighted by atomic mass is 10.1. The van der Waals surface area contributed by atoms with Gasteiger partial charge in [0.15, 0.2) is 0 Å². The highest BCUT2D eigenvalue weighted by Gasteiger charge is 2.14. The van der Waals surface area contributed by atoms with E-state index in [2.05, 4.69) is 39.8 Å². The van der Waals surface area contributed by atoms with Crippen molar-refractivity contribution in [2.45, 2.75) is 33.1 Å². The van der Waals surface area contributed by atoms with E-state index in [-0.39, 0.29) is 0 Å². The first-order valence-corrected chi connectivity index (χ1v) is 9.52. The molecule has 5 heteroatoms. The monoisotopic (exact) mass is 365 g/mol. The standard InChI is InChI=1S/C22H27N3O2/c1-16-13-17(2)15-19(14-16)24-22(27)21(26)23-10-9-18-5-7-20(8-6-18)25-11-3-4-12-25/h5-8,13-15H,3-4,9-12H2,1-2H3,(H,23,26)(H,24,27). The molecule has 2 N–H and O–H groups in total. The average molecular weight is 365 g/mol. The number of aryl methyl sites for hydroxylation is 2. The molecule has 27 heavy (non-hydrogen) atoms. The highest BCUT2D eigenvalue weighted by molar-refractivity contribution is 6.39. The summed E-state index contributed by atoms with van der Waals surface area (Å²) in [6.45, 7) is 6.60. The molecule has 0 bridgehead atoms. The molecule has 0 spiro atoms. The molecule has 1 fully saturated rings. The third-order valence-electron chi connectivity index (χ3n) is 4.79. The molecule has 0 aliphatic carbocycles. The Labute approximate surface area is 160 Å². The minimum absolute atomic E-state index is 0.433. The van der Waals surface area contributed by atoms with Gasteiger partial charge in [0.05, 0.1) is 0 Å². The molecule has 1 heterocycles. The highest BCUT2D eigenvalue weighted by atomic mass is 16.2. The maximum atomic E-state index is 12.0. The van der Waals surface area contributed by atoms with Gasteiger partial charge in [-0.15, -0.1) is 0 Å². The molecule has 1 aliphatic heterocycles. The predicted molar refractivity (Wildman–Crippen MR) is 109 cm³/mol. The zero-order valence-corrected chi connectivity index (χ0v) is 16.0. The molecular formula is C22H27N3O2. The Morgan fingerprint density at radius 1 is 0.926 bits per heavy atom. The van der Waals surface area contributed by atoms with Gasteiger partial charge < -0.3 is 15.5 Å². The second-order valence-electron chi connectivity index (χ2n) is 7.20. The Hall–Kier alpha value is -2.82. The van der Waals surface area contributed by atoms with E-state index in [4.69, 9.17) is 0 Å². The number of nitrogens with one attached hydrogen (secondary N) is 2. The summed E-state index contributed by atoms with van der Waals surface area (Å²) in [4.78, 5) is 26.4. The van der Waals surface area contributed by atoms with Crippen LogP contribution in [0, 0.1) is 13.8 Å². The van der Waals surface area contributed by atoms with Crippen LogP contribution in [0.1, 0.15) is 29.5 Å². The van der Waals surface area contributed by atoms with Gasteiger partial charge in [-0.3, -0.25) is 9.59 Å². The molecule has 2 aromatic rings. The molecule has 0 atom stereocenters. The number of carbonyl (C=O) groups is 2. The molecule has 2 aromatic carbocycles. The minimum Gasteiger partial charge on any atom is -0.372 e. The van der Waals surface area contributed by atoms with E-state index in [1.54, 1.807) is 0 Å². The first-order valence-electron chi connectivity index (χ1n) is 9.52. The van der Waals surface area contributed by atoms with E-state index in [1.165, 1.54) is 18.5 Å². The van der Waals surface area contributed by atoms with E-state index < -0.39 is 11.8 Å². The van der Waals surface area contributed by atoms with Crippen LogP contribution < -0.4 is 15.5 Å². The lowest BCUT2D eigenvalue weighted by molar-refractivity contribution is -0.136. The molecule has 0 radical (unpaired) electrons. The number of carbonyl (C=O) groups excluding carboxylic acids is 2. The number of hydrogen-bond acceptors (Lipinski definition) is 3. The smallest absolute Gasteiger partial charge is 0.313 e. The van der Waals surface area contributed by atoms with Crippen molar-refractivity contribution in [2.24, 2.45) is 0 Å². The van der Waals surface area contributed by atoms with E-state index in [0.29, 0.717) is 18.7 Å². The van der Waals surface area contributed by atoms with Crippen LogP contribution in [0.2, 0.25) is 0 Å². The van der Waals surface area contributed by atoms with Crippen molar-refractivity contribution >= 4 is 23.2 Å². The SMILES string of the molecule is Cc1cc(C)cc(NC(=O)C(=O)NCCc2ccc(N3CCCC3)cc2)c1. The second-order valence-corrected chi connectivity index (χ2v) is 7.20. The van der Waals surface area contributed by atoms with Gasteiger partial charge in [-0.05, 0) is 74.1 Å². The van der Waals surface area contributed by atoms with Crippen LogP contribution >= 0.6 is 0 Å². The Bertz CT molecular complexity index is 789. The summed E-state index contributed by atoms with van der Waals surface area (Å²) in [6.07, 6.45) is 3.22. The molecule has 3 rings (SSSR count). The van der Waals surface area contributed by atoms with Gasteiger partial charge >= 0.3 is 11.8 Å². The van der Waals surface area contributed by atoms with Crippen LogP contribution in [0.3, 0.4) is 0 Å². The Morgan fingerprint density at radius 3 is 2.19 bits per heavy atom. The molecule has 142 valence electrons. The van der Waals surface area contributed by atoms with Crippen molar-refractivity contribution in [2.75, 3.05) is 29.9 Å². The van der Waals surface area contributed by atoms with Crippen molar-refractivity contribution in [1.29, 1.82) is 0 Å². The average Bonchev–Trinajstić information content (AvgIpc) is 3.16. The Kier molecular flexibility index (Phi) is 6.12. The minimum atomic E-state index is -0.635. The highest BCUT2D eigenvalue weighted by Crippen LogP contribution is 2.20. The van der Waals surface area contributed by atoms with E-state index >= 15 is 0 Å². The van der Waals surface area contributed by atoms with Crippen molar-refractivity contribution in [3.63, 3.8) is 0 Å². The van der Waals surface area contributed by atoms with Gasteiger partial charge in [0.1, 0.15) is 0 Å². The number of anilines is 2. The summed E-state index contributed by atoms with van der Waals surface area (Å²) in [7, 11) is 0. The zero-order chi connectivity index (χ0) is 19.2. The third-order valence-corrected chi connectivity index (χ3v) is 4.79. The van der Waals surface area contributed by atoms with E-state index in [9.17, 15) is 9.59 Å². The predicted octanol–water partition coefficient (Wildman–Crippen LogP) is 3.20. The van der Waals surface area contributed by atoms with Crippen LogP contribution in [0.15, 0.2) is 42.5 Å². The maximum absolute atomic E-state index is 12.0. The largest absolute Gasteiger partial charge is 0.372 e. The normalized spacial score (nSPS) is 13.5. The number of nitrogens with zero attached hydrogens (tertiary/aromatic N) is 1. The van der Waals surface area contributed by atoms with E-state index in [1.807, 2.05) is 32.0 Å². The first-order chi connectivity index (χ1) is 13.0. The fourth-order valence-corrected chi connectivity index (χ4v) is 3.48. The van der Waals surface area contributed by atoms with Gasteiger partial charge in [-0.2, -0.15) is 0 Å². The topological polar surface area (TPSA) is 61.4 Å². The Balaban J connectivity index is 1.45. The summed E-state index contributed by atoms with van der Waals surface area (Å²) in [6, 6.07) is 14.2. The van der Waals surface area contributed by atoms with Crippen LogP contribution in [0.25, 0.3) is 0 Å². The number of benzene rings is 2. The van der Waals surface area contributed by atoms with Crippen molar-refractivity contribution in [3.8, 4) is 0 Å². The van der Waals surface area contributed by atoms with Gasteiger partial charge in [0.25, 0.3) is 0 Å². The van der Waals surface area contributed by atoms with Crippen molar-refractivity contribution in [3.05, 3.63) is 59.2 Å². The van der Waals surface area contributed by atoms with E-state index in [0.717, 1.165) is 29.8 Å². The second kappa shape index (κ2) is 8.71. The number of amides is 2. The summed E-state index contributed by atoms with van der Waals surface area (Å²) >= 11 is 0. The summed E-state index contributed by atoms with van der Waals surface area (Å²) < 4.78 is 0.